The highest BCUT2D eigenvalue weighted by Gasteiger charge is 2.17. The van der Waals surface area contributed by atoms with E-state index in [1.807, 2.05) is 0 Å². The minimum Gasteiger partial charge on any atom is -0.481 e. The van der Waals surface area contributed by atoms with Gasteiger partial charge in [-0.3, -0.25) is 4.79 Å². The second-order valence-corrected chi connectivity index (χ2v) is 6.11. The molecule has 0 aliphatic rings. The third-order valence-electron chi connectivity index (χ3n) is 3.09. The van der Waals surface area contributed by atoms with Gasteiger partial charge in [0.15, 0.2) is 5.13 Å². The van der Waals surface area contributed by atoms with Gasteiger partial charge in [-0.05, 0) is 17.8 Å². The number of hydrogen-bond donors (Lipinski definition) is 2. The number of nitrogens with zero attached hydrogens (tertiary/aromatic N) is 1. The van der Waals surface area contributed by atoms with Gasteiger partial charge in [0, 0.05) is 11.9 Å². The molecule has 5 heteroatoms. The molecule has 0 amide bonds. The van der Waals surface area contributed by atoms with Crippen LogP contribution in [0.25, 0.3) is 0 Å². The highest BCUT2D eigenvalue weighted by atomic mass is 32.1. The van der Waals surface area contributed by atoms with Crippen molar-refractivity contribution < 1.29 is 9.90 Å². The van der Waals surface area contributed by atoms with Gasteiger partial charge in [-0.25, -0.2) is 4.98 Å². The van der Waals surface area contributed by atoms with E-state index >= 15 is 0 Å². The number of nitrogens with one attached hydrogen (secondary N) is 1. The molecule has 0 spiro atoms. The summed E-state index contributed by atoms with van der Waals surface area (Å²) in [6.07, 6.45) is -0.00400. The fraction of sp³-hybridized carbons (Fsp3) is 0.692. The first-order valence-corrected chi connectivity index (χ1v) is 7.18. The van der Waals surface area contributed by atoms with Crippen molar-refractivity contribution in [2.45, 2.75) is 34.1 Å². The highest BCUT2D eigenvalue weighted by molar-refractivity contribution is 7.13. The van der Waals surface area contributed by atoms with Crippen LogP contribution in [0.2, 0.25) is 0 Å². The minimum atomic E-state index is -0.839. The van der Waals surface area contributed by atoms with Gasteiger partial charge >= 0.3 is 5.97 Å². The summed E-state index contributed by atoms with van der Waals surface area (Å²) < 4.78 is 0. The van der Waals surface area contributed by atoms with Gasteiger partial charge in [0.05, 0.1) is 12.1 Å². The molecular formula is C13H22N2O2S. The van der Waals surface area contributed by atoms with Gasteiger partial charge in [0.25, 0.3) is 0 Å². The molecule has 0 atom stereocenters. The number of aliphatic carboxylic acids is 1. The number of carboxylic acids is 1. The van der Waals surface area contributed by atoms with Gasteiger partial charge in [0.2, 0.25) is 0 Å². The van der Waals surface area contributed by atoms with Crippen LogP contribution in [0.1, 0.15) is 33.4 Å². The van der Waals surface area contributed by atoms with E-state index in [9.17, 15) is 4.79 Å². The van der Waals surface area contributed by atoms with Crippen molar-refractivity contribution in [2.75, 3.05) is 11.9 Å². The Bertz CT molecular complexity index is 380. The van der Waals surface area contributed by atoms with Crippen LogP contribution < -0.4 is 5.32 Å². The predicted octanol–water partition coefficient (Wildman–Crippen LogP) is 3.11. The Morgan fingerprint density at radius 3 is 2.50 bits per heavy atom. The Labute approximate surface area is 112 Å². The molecule has 1 aromatic rings. The van der Waals surface area contributed by atoms with Crippen LogP contribution in [0.5, 0.6) is 0 Å². The van der Waals surface area contributed by atoms with E-state index < -0.39 is 5.97 Å². The molecule has 2 N–H and O–H groups in total. The molecule has 1 heterocycles. The Morgan fingerprint density at radius 1 is 1.39 bits per heavy atom. The zero-order valence-corrected chi connectivity index (χ0v) is 12.3. The van der Waals surface area contributed by atoms with Crippen LogP contribution in [0.4, 0.5) is 5.13 Å². The maximum absolute atomic E-state index is 10.6. The molecule has 0 aromatic carbocycles. The van der Waals surface area contributed by atoms with Crippen molar-refractivity contribution in [3.05, 3.63) is 11.1 Å². The summed E-state index contributed by atoms with van der Waals surface area (Å²) >= 11 is 1.47. The number of carboxylic acid groups (broad SMARTS) is 1. The molecule has 4 nitrogen and oxygen atoms in total. The van der Waals surface area contributed by atoms with Crippen LogP contribution in [0, 0.1) is 17.8 Å². The standard InChI is InChI=1S/C13H22N2O2S/c1-8(2)11(9(3)4)6-14-13-15-10(7-18-13)5-12(16)17/h7-9,11H,5-6H2,1-4H3,(H,14,15)(H,16,17). The van der Waals surface area contributed by atoms with Crippen LogP contribution in [-0.2, 0) is 11.2 Å². The average Bonchev–Trinajstić information content (AvgIpc) is 2.63. The number of carbonyl (C=O) groups is 1. The molecule has 0 saturated heterocycles. The summed E-state index contributed by atoms with van der Waals surface area (Å²) in [5.41, 5.74) is 0.626. The normalized spacial score (nSPS) is 11.5. The first-order valence-electron chi connectivity index (χ1n) is 6.30. The van der Waals surface area contributed by atoms with Gasteiger partial charge in [-0.15, -0.1) is 11.3 Å². The fourth-order valence-electron chi connectivity index (χ4n) is 2.07. The smallest absolute Gasteiger partial charge is 0.309 e. The van der Waals surface area contributed by atoms with E-state index in [2.05, 4.69) is 38.0 Å². The summed E-state index contributed by atoms with van der Waals surface area (Å²) in [6.45, 7) is 9.79. The zero-order chi connectivity index (χ0) is 13.7. The first-order chi connectivity index (χ1) is 8.40. The minimum absolute atomic E-state index is 0.00400. The lowest BCUT2D eigenvalue weighted by atomic mass is 9.86. The van der Waals surface area contributed by atoms with E-state index in [0.717, 1.165) is 11.7 Å². The summed E-state index contributed by atoms with van der Waals surface area (Å²) in [5, 5.41) is 14.6. The zero-order valence-electron chi connectivity index (χ0n) is 11.4. The van der Waals surface area contributed by atoms with E-state index in [4.69, 9.17) is 5.11 Å². The van der Waals surface area contributed by atoms with Crippen molar-refractivity contribution in [3.63, 3.8) is 0 Å². The Kier molecular flexibility index (Phi) is 5.59. The molecule has 0 fully saturated rings. The SMILES string of the molecule is CC(C)C(CNc1nc(CC(=O)O)cs1)C(C)C. The quantitative estimate of drug-likeness (QED) is 0.799. The second kappa shape index (κ2) is 6.73. The first kappa shape index (κ1) is 15.0. The highest BCUT2D eigenvalue weighted by Crippen LogP contribution is 2.22. The lowest BCUT2D eigenvalue weighted by Gasteiger charge is -2.24. The van der Waals surface area contributed by atoms with Crippen LogP contribution in [0.3, 0.4) is 0 Å². The van der Waals surface area contributed by atoms with Crippen molar-refractivity contribution >= 4 is 22.4 Å². The molecule has 102 valence electrons. The van der Waals surface area contributed by atoms with E-state index in [-0.39, 0.29) is 6.42 Å². The second-order valence-electron chi connectivity index (χ2n) is 5.25. The summed E-state index contributed by atoms with van der Waals surface area (Å²) in [6, 6.07) is 0. The number of aromatic nitrogens is 1. The lowest BCUT2D eigenvalue weighted by Crippen LogP contribution is -2.24. The van der Waals surface area contributed by atoms with Gasteiger partial charge in [-0.1, -0.05) is 27.7 Å². The van der Waals surface area contributed by atoms with Crippen molar-refractivity contribution in [1.82, 2.24) is 4.98 Å². The third kappa shape index (κ3) is 4.64. The van der Waals surface area contributed by atoms with Gasteiger partial charge < -0.3 is 10.4 Å². The monoisotopic (exact) mass is 270 g/mol. The Morgan fingerprint density at radius 2 is 2.00 bits per heavy atom. The van der Waals surface area contributed by atoms with Crippen molar-refractivity contribution in [3.8, 4) is 0 Å². The molecule has 0 bridgehead atoms. The van der Waals surface area contributed by atoms with Gasteiger partial charge in [0.1, 0.15) is 0 Å². The number of rotatable bonds is 7. The van der Waals surface area contributed by atoms with E-state index in [1.165, 1.54) is 11.3 Å². The number of anilines is 1. The molecule has 0 saturated carbocycles. The van der Waals surface area contributed by atoms with Gasteiger partial charge in [-0.2, -0.15) is 0 Å². The molecular weight excluding hydrogens is 248 g/mol. The van der Waals surface area contributed by atoms with Crippen LogP contribution in [-0.4, -0.2) is 22.6 Å². The van der Waals surface area contributed by atoms with E-state index in [0.29, 0.717) is 23.4 Å². The molecule has 1 aromatic heterocycles. The predicted molar refractivity (Wildman–Crippen MR) is 75.1 cm³/mol. The molecule has 1 rings (SSSR count). The summed E-state index contributed by atoms with van der Waals surface area (Å²) in [4.78, 5) is 14.8. The summed E-state index contributed by atoms with van der Waals surface area (Å²) in [5.74, 6) is 0.998. The van der Waals surface area contributed by atoms with Crippen LogP contribution in [0.15, 0.2) is 5.38 Å². The molecule has 0 radical (unpaired) electrons. The summed E-state index contributed by atoms with van der Waals surface area (Å²) in [7, 11) is 0. The molecule has 18 heavy (non-hydrogen) atoms. The number of thiazole rings is 1. The molecule has 0 unspecified atom stereocenters. The van der Waals surface area contributed by atoms with E-state index in [1.54, 1.807) is 5.38 Å². The molecule has 0 aliphatic heterocycles. The van der Waals surface area contributed by atoms with Crippen molar-refractivity contribution in [2.24, 2.45) is 17.8 Å². The third-order valence-corrected chi connectivity index (χ3v) is 3.93. The Balaban J connectivity index is 2.52. The maximum Gasteiger partial charge on any atom is 0.309 e. The largest absolute Gasteiger partial charge is 0.481 e. The molecule has 0 aliphatic carbocycles. The van der Waals surface area contributed by atoms with Crippen molar-refractivity contribution in [1.29, 1.82) is 0 Å². The average molecular weight is 270 g/mol. The Hall–Kier alpha value is -1.10. The lowest BCUT2D eigenvalue weighted by molar-refractivity contribution is -0.136. The van der Waals surface area contributed by atoms with Crippen LogP contribution >= 0.6 is 11.3 Å². The topological polar surface area (TPSA) is 62.2 Å². The fourth-order valence-corrected chi connectivity index (χ4v) is 2.79. The maximum atomic E-state index is 10.6. The number of hydrogen-bond acceptors (Lipinski definition) is 4.